The van der Waals surface area contributed by atoms with Crippen LogP contribution in [0.2, 0.25) is 0 Å². The van der Waals surface area contributed by atoms with E-state index in [0.29, 0.717) is 11.1 Å². The average Bonchev–Trinajstić information content (AvgIpc) is 2.93. The minimum Gasteiger partial charge on any atom is -0.497 e. The van der Waals surface area contributed by atoms with Gasteiger partial charge in [-0.25, -0.2) is 9.59 Å². The molecule has 0 radical (unpaired) electrons. The van der Waals surface area contributed by atoms with Gasteiger partial charge in [0.25, 0.3) is 0 Å². The molecule has 1 N–H and O–H groups in total. The summed E-state index contributed by atoms with van der Waals surface area (Å²) in [5.41, 5.74) is 6.59. The minimum atomic E-state index is -0.900. The molecule has 6 nitrogen and oxygen atoms in total. The molecule has 0 unspecified atom stereocenters. The average molecular weight is 499 g/mol. The molecule has 37 heavy (non-hydrogen) atoms. The predicted molar refractivity (Wildman–Crippen MR) is 145 cm³/mol. The molecule has 0 amide bonds. The second-order valence-corrected chi connectivity index (χ2v) is 8.21. The highest BCUT2D eigenvalue weighted by atomic mass is 16.5. The Kier molecular flexibility index (Phi) is 9.05. The number of carboxylic acid groups (broad SMARTS) is 1. The second kappa shape index (κ2) is 12.4. The summed E-state index contributed by atoms with van der Waals surface area (Å²) in [6.07, 6.45) is 0. The van der Waals surface area contributed by atoms with Crippen LogP contribution in [0.3, 0.4) is 0 Å². The number of aromatic carboxylic acids is 1. The van der Waals surface area contributed by atoms with Gasteiger partial charge in [-0.1, -0.05) is 48.5 Å². The molecular weight excluding hydrogens is 468 g/mol. The van der Waals surface area contributed by atoms with Gasteiger partial charge >= 0.3 is 11.9 Å². The third-order valence-electron chi connectivity index (χ3n) is 6.11. The van der Waals surface area contributed by atoms with E-state index in [-0.39, 0.29) is 5.97 Å². The third-order valence-corrected chi connectivity index (χ3v) is 6.11. The molecule has 0 saturated carbocycles. The normalized spacial score (nSPS) is 10.1. The first-order chi connectivity index (χ1) is 17.8. The third kappa shape index (κ3) is 6.35. The summed E-state index contributed by atoms with van der Waals surface area (Å²) in [5.74, 6) is 0.382. The van der Waals surface area contributed by atoms with E-state index in [2.05, 4.69) is 0 Å². The van der Waals surface area contributed by atoms with Gasteiger partial charge in [-0.05, 0) is 83.6 Å². The summed E-state index contributed by atoms with van der Waals surface area (Å²) in [6, 6.07) is 26.2. The fourth-order valence-electron chi connectivity index (χ4n) is 4.00. The number of carbonyl (C=O) groups excluding carboxylic acids is 1. The van der Waals surface area contributed by atoms with E-state index in [1.165, 1.54) is 7.11 Å². The van der Waals surface area contributed by atoms with E-state index in [0.717, 1.165) is 44.9 Å². The highest BCUT2D eigenvalue weighted by molar-refractivity contribution is 5.93. The lowest BCUT2D eigenvalue weighted by Crippen LogP contribution is -2.04. The quantitative estimate of drug-likeness (QED) is 0.294. The highest BCUT2D eigenvalue weighted by Gasteiger charge is 2.13. The predicted octanol–water partition coefficient (Wildman–Crippen LogP) is 6.83. The molecule has 0 spiro atoms. The first-order valence-corrected chi connectivity index (χ1v) is 11.6. The molecule has 0 bridgehead atoms. The molecule has 4 rings (SSSR count). The summed E-state index contributed by atoms with van der Waals surface area (Å²) in [6.45, 7) is 3.74. The molecule has 0 aliphatic heterocycles. The molecule has 0 saturated heterocycles. The van der Waals surface area contributed by atoms with Crippen molar-refractivity contribution in [3.63, 3.8) is 0 Å². The number of hydrogen-bond acceptors (Lipinski definition) is 5. The van der Waals surface area contributed by atoms with Crippen LogP contribution >= 0.6 is 0 Å². The Bertz CT molecular complexity index is 1370. The summed E-state index contributed by atoms with van der Waals surface area (Å²) < 4.78 is 15.0. The Morgan fingerprint density at radius 1 is 0.595 bits per heavy atom. The first kappa shape index (κ1) is 27.0. The molecule has 0 atom stereocenters. The van der Waals surface area contributed by atoms with Gasteiger partial charge < -0.3 is 19.3 Å². The molecule has 6 heteroatoms. The summed E-state index contributed by atoms with van der Waals surface area (Å²) in [5, 5.41) is 9.10. The van der Waals surface area contributed by atoms with Crippen molar-refractivity contribution in [2.45, 2.75) is 13.8 Å². The van der Waals surface area contributed by atoms with Gasteiger partial charge in [-0.15, -0.1) is 0 Å². The van der Waals surface area contributed by atoms with Crippen LogP contribution in [0, 0.1) is 13.8 Å². The van der Waals surface area contributed by atoms with Gasteiger partial charge in [0.2, 0.25) is 0 Å². The molecule has 4 aromatic rings. The Morgan fingerprint density at radius 3 is 1.38 bits per heavy atom. The lowest BCUT2D eigenvalue weighted by atomic mass is 9.96. The van der Waals surface area contributed by atoms with Crippen molar-refractivity contribution in [1.29, 1.82) is 0 Å². The zero-order valence-corrected chi connectivity index (χ0v) is 21.6. The summed E-state index contributed by atoms with van der Waals surface area (Å²) in [7, 11) is 4.64. The lowest BCUT2D eigenvalue weighted by Gasteiger charge is -2.10. The maximum Gasteiger partial charge on any atom is 0.338 e. The monoisotopic (exact) mass is 498 g/mol. The number of carboxylic acids is 1. The number of ether oxygens (including phenoxy) is 3. The fraction of sp³-hybridized carbons (Fsp3) is 0.161. The molecule has 0 heterocycles. The number of methoxy groups -OCH3 is 3. The fourth-order valence-corrected chi connectivity index (χ4v) is 4.00. The van der Waals surface area contributed by atoms with E-state index in [4.69, 9.17) is 19.3 Å². The number of esters is 1. The number of carbonyl (C=O) groups is 2. The molecule has 0 fully saturated rings. The zero-order chi connectivity index (χ0) is 26.9. The van der Waals surface area contributed by atoms with Gasteiger partial charge in [0.1, 0.15) is 11.5 Å². The smallest absolute Gasteiger partial charge is 0.338 e. The topological polar surface area (TPSA) is 82.1 Å². The van der Waals surface area contributed by atoms with Crippen LogP contribution in [0.1, 0.15) is 31.8 Å². The Balaban J connectivity index is 0.000000206. The van der Waals surface area contributed by atoms with Crippen LogP contribution in [-0.2, 0) is 4.74 Å². The number of benzene rings is 4. The maximum absolute atomic E-state index is 11.7. The summed E-state index contributed by atoms with van der Waals surface area (Å²) >= 11 is 0. The largest absolute Gasteiger partial charge is 0.497 e. The van der Waals surface area contributed by atoms with E-state index >= 15 is 0 Å². The number of rotatable bonds is 6. The highest BCUT2D eigenvalue weighted by Crippen LogP contribution is 2.28. The maximum atomic E-state index is 11.7. The van der Waals surface area contributed by atoms with Crippen LogP contribution < -0.4 is 9.47 Å². The van der Waals surface area contributed by atoms with Crippen molar-refractivity contribution in [3.8, 4) is 33.8 Å². The van der Waals surface area contributed by atoms with Crippen LogP contribution in [0.4, 0.5) is 0 Å². The molecule has 4 aromatic carbocycles. The lowest BCUT2D eigenvalue weighted by molar-refractivity contribution is 0.0599. The standard InChI is InChI=1S/C16H16O3.C15H14O3/c1-11-14(5-4-6-15(11)16(17)19-3)12-7-9-13(18-2)10-8-12;1-10-13(4-3-5-14(10)15(16)17)11-6-8-12(18-2)9-7-11/h4-10H,1-3H3;3-9H,1-2H3,(H,16,17). The van der Waals surface area contributed by atoms with Crippen molar-refractivity contribution in [1.82, 2.24) is 0 Å². The zero-order valence-electron chi connectivity index (χ0n) is 21.6. The van der Waals surface area contributed by atoms with E-state index in [9.17, 15) is 9.59 Å². The van der Waals surface area contributed by atoms with Crippen LogP contribution in [0.5, 0.6) is 11.5 Å². The molecule has 0 aliphatic rings. The summed E-state index contributed by atoms with van der Waals surface area (Å²) in [4.78, 5) is 22.8. The Labute approximate surface area is 217 Å². The van der Waals surface area contributed by atoms with Gasteiger partial charge in [-0.2, -0.15) is 0 Å². The van der Waals surface area contributed by atoms with E-state index in [1.807, 2.05) is 80.6 Å². The van der Waals surface area contributed by atoms with E-state index < -0.39 is 5.97 Å². The molecule has 0 aromatic heterocycles. The minimum absolute atomic E-state index is 0.312. The van der Waals surface area contributed by atoms with Crippen molar-refractivity contribution in [2.24, 2.45) is 0 Å². The van der Waals surface area contributed by atoms with Crippen LogP contribution in [0.15, 0.2) is 84.9 Å². The van der Waals surface area contributed by atoms with E-state index in [1.54, 1.807) is 32.4 Å². The Morgan fingerprint density at radius 2 is 1.00 bits per heavy atom. The van der Waals surface area contributed by atoms with Gasteiger partial charge in [0, 0.05) is 0 Å². The van der Waals surface area contributed by atoms with Crippen LogP contribution in [0.25, 0.3) is 22.3 Å². The van der Waals surface area contributed by atoms with Crippen molar-refractivity contribution in [3.05, 3.63) is 107 Å². The first-order valence-electron chi connectivity index (χ1n) is 11.6. The van der Waals surface area contributed by atoms with Gasteiger partial charge in [-0.3, -0.25) is 0 Å². The SMILES string of the molecule is COC(=O)c1cccc(-c2ccc(OC)cc2)c1C.COc1ccc(-c2cccc(C(=O)O)c2C)cc1. The van der Waals surface area contributed by atoms with Gasteiger partial charge in [0.15, 0.2) is 0 Å². The molecular formula is C31H30O6. The molecule has 0 aliphatic carbocycles. The van der Waals surface area contributed by atoms with Crippen LogP contribution in [-0.4, -0.2) is 38.4 Å². The number of hydrogen-bond donors (Lipinski definition) is 1. The molecule has 190 valence electrons. The van der Waals surface area contributed by atoms with Crippen molar-refractivity contribution >= 4 is 11.9 Å². The second-order valence-electron chi connectivity index (χ2n) is 8.21. The van der Waals surface area contributed by atoms with Gasteiger partial charge in [0.05, 0.1) is 32.5 Å². The van der Waals surface area contributed by atoms with Crippen molar-refractivity contribution in [2.75, 3.05) is 21.3 Å². The van der Waals surface area contributed by atoms with Crippen molar-refractivity contribution < 1.29 is 28.9 Å². The Hall–Kier alpha value is -4.58.